The molecule has 0 fully saturated rings. The molecule has 2 rings (SSSR count). The summed E-state index contributed by atoms with van der Waals surface area (Å²) in [5, 5.41) is 7.98. The van der Waals surface area contributed by atoms with Crippen LogP contribution in [-0.2, 0) is 7.05 Å². The second-order valence-corrected chi connectivity index (χ2v) is 5.92. The van der Waals surface area contributed by atoms with E-state index in [4.69, 9.17) is 11.6 Å². The second kappa shape index (κ2) is 5.69. The quantitative estimate of drug-likeness (QED) is 0.869. The van der Waals surface area contributed by atoms with Crippen LogP contribution in [0.4, 0.5) is 0 Å². The number of nitrogens with zero attached hydrogens (tertiary/aromatic N) is 3. The minimum atomic E-state index is -0.118. The topological polar surface area (TPSA) is 42.7 Å². The maximum absolute atomic E-state index is 6.18. The summed E-state index contributed by atoms with van der Waals surface area (Å²) < 4.78 is 3.58. The molecule has 0 bridgehead atoms. The summed E-state index contributed by atoms with van der Waals surface area (Å²) >= 11 is 13.1. The summed E-state index contributed by atoms with van der Waals surface area (Å²) in [6.45, 7) is 0. The lowest BCUT2D eigenvalue weighted by molar-refractivity contribution is 0.592. The van der Waals surface area contributed by atoms with E-state index in [0.29, 0.717) is 5.02 Å². The van der Waals surface area contributed by atoms with E-state index in [2.05, 4.69) is 47.3 Å². The summed E-state index contributed by atoms with van der Waals surface area (Å²) in [6, 6.07) is 1.84. The first kappa shape index (κ1) is 14.0. The van der Waals surface area contributed by atoms with Crippen LogP contribution >= 0.6 is 43.5 Å². The van der Waals surface area contributed by atoms with E-state index < -0.39 is 0 Å². The molecular formula is C11H11Br2ClN4. The normalized spacial score (nSPS) is 12.7. The van der Waals surface area contributed by atoms with Gasteiger partial charge in [-0.1, -0.05) is 11.6 Å². The highest BCUT2D eigenvalue weighted by molar-refractivity contribution is 9.11. The first-order chi connectivity index (χ1) is 8.54. The maximum Gasteiger partial charge on any atom is 0.0946 e. The van der Waals surface area contributed by atoms with Gasteiger partial charge in [0.15, 0.2) is 0 Å². The lowest BCUT2D eigenvalue weighted by Crippen LogP contribution is -2.22. The van der Waals surface area contributed by atoms with Crippen molar-refractivity contribution < 1.29 is 0 Å². The average molecular weight is 394 g/mol. The van der Waals surface area contributed by atoms with Crippen molar-refractivity contribution in [2.75, 3.05) is 7.05 Å². The van der Waals surface area contributed by atoms with Crippen LogP contribution in [0.3, 0.4) is 0 Å². The summed E-state index contributed by atoms with van der Waals surface area (Å²) in [7, 11) is 3.72. The molecule has 0 aliphatic rings. The van der Waals surface area contributed by atoms with Crippen molar-refractivity contribution in [3.05, 3.63) is 43.8 Å². The molecule has 0 amide bonds. The van der Waals surface area contributed by atoms with Crippen molar-refractivity contribution in [1.82, 2.24) is 20.1 Å². The monoisotopic (exact) mass is 392 g/mol. The van der Waals surface area contributed by atoms with Gasteiger partial charge < -0.3 is 5.32 Å². The number of nitrogens with one attached hydrogen (secondary N) is 1. The third kappa shape index (κ3) is 2.61. The third-order valence-corrected chi connectivity index (χ3v) is 3.97. The van der Waals surface area contributed by atoms with Crippen LogP contribution in [0.2, 0.25) is 5.02 Å². The maximum atomic E-state index is 6.18. The molecular weight excluding hydrogens is 383 g/mol. The molecule has 0 saturated heterocycles. The lowest BCUT2D eigenvalue weighted by Gasteiger charge is -2.18. The first-order valence-corrected chi connectivity index (χ1v) is 7.16. The molecule has 4 nitrogen and oxygen atoms in total. The van der Waals surface area contributed by atoms with Gasteiger partial charge in [0.2, 0.25) is 0 Å². The number of hydrogen-bond acceptors (Lipinski definition) is 3. The lowest BCUT2D eigenvalue weighted by atomic mass is 10.1. The zero-order valence-corrected chi connectivity index (χ0v) is 13.7. The van der Waals surface area contributed by atoms with Crippen LogP contribution in [0.25, 0.3) is 0 Å². The van der Waals surface area contributed by atoms with E-state index in [1.165, 1.54) is 0 Å². The summed E-state index contributed by atoms with van der Waals surface area (Å²) in [5.74, 6) is 0. The van der Waals surface area contributed by atoms with Crippen LogP contribution in [-0.4, -0.2) is 21.8 Å². The largest absolute Gasteiger partial charge is 0.307 e. The molecule has 1 unspecified atom stereocenters. The van der Waals surface area contributed by atoms with Crippen LogP contribution in [0.15, 0.2) is 27.4 Å². The summed E-state index contributed by atoms with van der Waals surface area (Å²) in [4.78, 5) is 4.43. The number of hydrogen-bond donors (Lipinski definition) is 1. The first-order valence-electron chi connectivity index (χ1n) is 5.20. The molecule has 0 aliphatic carbocycles. The minimum absolute atomic E-state index is 0.118. The molecule has 2 aromatic rings. The van der Waals surface area contributed by atoms with Gasteiger partial charge in [0.1, 0.15) is 0 Å². The van der Waals surface area contributed by atoms with E-state index in [0.717, 1.165) is 20.3 Å². The minimum Gasteiger partial charge on any atom is -0.307 e. The van der Waals surface area contributed by atoms with E-state index >= 15 is 0 Å². The Balaban J connectivity index is 2.52. The Morgan fingerprint density at radius 3 is 2.61 bits per heavy atom. The molecule has 0 radical (unpaired) electrons. The number of pyridine rings is 1. The number of rotatable bonds is 3. The fraction of sp³-hybridized carbons (Fsp3) is 0.273. The highest BCUT2D eigenvalue weighted by Crippen LogP contribution is 2.31. The fourth-order valence-electron chi connectivity index (χ4n) is 1.79. The van der Waals surface area contributed by atoms with Gasteiger partial charge in [-0.3, -0.25) is 9.67 Å². The molecule has 96 valence electrons. The second-order valence-electron chi connectivity index (χ2n) is 3.74. The number of aromatic nitrogens is 3. The highest BCUT2D eigenvalue weighted by Gasteiger charge is 2.22. The van der Waals surface area contributed by atoms with Crippen LogP contribution in [0.1, 0.15) is 17.4 Å². The van der Waals surface area contributed by atoms with Gasteiger partial charge in [0, 0.05) is 22.2 Å². The Bertz CT molecular complexity index is 551. The molecule has 1 atom stereocenters. The molecule has 2 aromatic heterocycles. The SMILES string of the molecule is CNC(c1ncc(Br)cc1Br)c1c(Cl)cnn1C. The van der Waals surface area contributed by atoms with Crippen LogP contribution < -0.4 is 5.32 Å². The van der Waals surface area contributed by atoms with E-state index in [1.807, 2.05) is 20.2 Å². The van der Waals surface area contributed by atoms with Crippen molar-refractivity contribution in [2.45, 2.75) is 6.04 Å². The van der Waals surface area contributed by atoms with Gasteiger partial charge in [-0.15, -0.1) is 0 Å². The Morgan fingerprint density at radius 2 is 2.11 bits per heavy atom. The zero-order valence-electron chi connectivity index (χ0n) is 9.78. The van der Waals surface area contributed by atoms with E-state index in [1.54, 1.807) is 17.1 Å². The predicted octanol–water partition coefficient (Wildman–Crippen LogP) is 3.30. The molecule has 0 aromatic carbocycles. The molecule has 0 saturated carbocycles. The molecule has 1 N–H and O–H groups in total. The van der Waals surface area contributed by atoms with Gasteiger partial charge in [-0.2, -0.15) is 5.10 Å². The Kier molecular flexibility index (Phi) is 4.42. The molecule has 0 spiro atoms. The number of halogens is 3. The molecule has 2 heterocycles. The Hall–Kier alpha value is -0.430. The Morgan fingerprint density at radius 1 is 1.39 bits per heavy atom. The van der Waals surface area contributed by atoms with E-state index in [9.17, 15) is 0 Å². The van der Waals surface area contributed by atoms with Gasteiger partial charge in [-0.25, -0.2) is 0 Å². The zero-order chi connectivity index (χ0) is 13.3. The highest BCUT2D eigenvalue weighted by atomic mass is 79.9. The van der Waals surface area contributed by atoms with Crippen LogP contribution in [0.5, 0.6) is 0 Å². The van der Waals surface area contributed by atoms with Gasteiger partial charge in [0.05, 0.1) is 28.6 Å². The third-order valence-electron chi connectivity index (χ3n) is 2.61. The van der Waals surface area contributed by atoms with Crippen LogP contribution in [0, 0.1) is 0 Å². The van der Waals surface area contributed by atoms with Crippen molar-refractivity contribution in [3.63, 3.8) is 0 Å². The van der Waals surface area contributed by atoms with Crippen molar-refractivity contribution >= 4 is 43.5 Å². The molecule has 0 aliphatic heterocycles. The van der Waals surface area contributed by atoms with E-state index in [-0.39, 0.29) is 6.04 Å². The number of aryl methyl sites for hydroxylation is 1. The fourth-order valence-corrected chi connectivity index (χ4v) is 3.28. The predicted molar refractivity (Wildman–Crippen MR) is 78.8 cm³/mol. The van der Waals surface area contributed by atoms with Gasteiger partial charge >= 0.3 is 0 Å². The van der Waals surface area contributed by atoms with Crippen molar-refractivity contribution in [2.24, 2.45) is 7.05 Å². The van der Waals surface area contributed by atoms with Crippen molar-refractivity contribution in [1.29, 1.82) is 0 Å². The van der Waals surface area contributed by atoms with Gasteiger partial charge in [-0.05, 0) is 45.0 Å². The average Bonchev–Trinajstić information content (AvgIpc) is 2.64. The summed E-state index contributed by atoms with van der Waals surface area (Å²) in [6.07, 6.45) is 3.39. The summed E-state index contributed by atoms with van der Waals surface area (Å²) in [5.41, 5.74) is 1.75. The van der Waals surface area contributed by atoms with Crippen molar-refractivity contribution in [3.8, 4) is 0 Å². The smallest absolute Gasteiger partial charge is 0.0946 e. The standard InChI is InChI=1S/C11H11Br2ClN4/c1-15-10(11-8(14)5-17-18(11)2)9-7(13)3-6(12)4-16-9/h3-5,10,15H,1-2H3. The Labute approximate surface area is 127 Å². The van der Waals surface area contributed by atoms with Gasteiger partial charge in [0.25, 0.3) is 0 Å². The molecule has 18 heavy (non-hydrogen) atoms. The molecule has 7 heteroatoms.